The number of ketones is 2. The minimum absolute atomic E-state index is 0.0282. The van der Waals surface area contributed by atoms with Gasteiger partial charge >= 0.3 is 0 Å². The van der Waals surface area contributed by atoms with Crippen molar-refractivity contribution < 1.29 is 14.4 Å². The predicted octanol–water partition coefficient (Wildman–Crippen LogP) is 2.44. The van der Waals surface area contributed by atoms with E-state index in [0.29, 0.717) is 53.1 Å². The molecule has 2 aromatic carbocycles. The maximum atomic E-state index is 13.0. The average molecular weight is 351 g/mol. The Labute approximate surface area is 152 Å². The van der Waals surface area contributed by atoms with E-state index >= 15 is 0 Å². The molecule has 0 fully saturated rings. The Balaban J connectivity index is 1.96. The monoisotopic (exact) mass is 351 g/mol. The zero-order valence-electron chi connectivity index (χ0n) is 14.8. The lowest BCUT2D eigenvalue weighted by atomic mass is 9.82. The van der Waals surface area contributed by atoms with Crippen LogP contribution in [0.5, 0.6) is 0 Å². The van der Waals surface area contributed by atoms with Crippen molar-refractivity contribution in [3.8, 4) is 0 Å². The van der Waals surface area contributed by atoms with Crippen LogP contribution < -0.4 is 16.0 Å². The third-order valence-corrected chi connectivity index (χ3v) is 4.43. The van der Waals surface area contributed by atoms with E-state index in [9.17, 15) is 14.4 Å². The molecule has 134 valence electrons. The maximum Gasteiger partial charge on any atom is 0.219 e. The molecular formula is C20H21N3O3. The molecule has 0 atom stereocenters. The summed E-state index contributed by atoms with van der Waals surface area (Å²) in [5.41, 5.74) is 2.82. The molecule has 3 N–H and O–H groups in total. The molecule has 0 heterocycles. The topological polar surface area (TPSA) is 87.3 Å². The van der Waals surface area contributed by atoms with Crippen LogP contribution in [-0.4, -0.2) is 37.6 Å². The summed E-state index contributed by atoms with van der Waals surface area (Å²) in [5, 5.41) is 8.94. The molecule has 6 nitrogen and oxygen atoms in total. The van der Waals surface area contributed by atoms with Gasteiger partial charge in [-0.05, 0) is 12.1 Å². The molecule has 26 heavy (non-hydrogen) atoms. The van der Waals surface area contributed by atoms with Gasteiger partial charge in [0.2, 0.25) is 5.91 Å². The summed E-state index contributed by atoms with van der Waals surface area (Å²) >= 11 is 0. The number of carbonyl (C=O) groups is 3. The highest BCUT2D eigenvalue weighted by molar-refractivity contribution is 6.31. The Bertz CT molecular complexity index is 890. The first kappa shape index (κ1) is 17.7. The minimum Gasteiger partial charge on any atom is -0.388 e. The lowest BCUT2D eigenvalue weighted by Gasteiger charge is -2.23. The van der Waals surface area contributed by atoms with Gasteiger partial charge in [-0.25, -0.2) is 0 Å². The van der Waals surface area contributed by atoms with Crippen LogP contribution in [0.15, 0.2) is 36.4 Å². The van der Waals surface area contributed by atoms with E-state index in [2.05, 4.69) is 16.0 Å². The van der Waals surface area contributed by atoms with Gasteiger partial charge in [-0.1, -0.05) is 31.2 Å². The molecule has 0 spiro atoms. The quantitative estimate of drug-likeness (QED) is 0.594. The number of benzene rings is 2. The molecule has 0 saturated carbocycles. The van der Waals surface area contributed by atoms with Gasteiger partial charge in [-0.2, -0.15) is 0 Å². The van der Waals surface area contributed by atoms with E-state index in [0.717, 1.165) is 0 Å². The van der Waals surface area contributed by atoms with Gasteiger partial charge in [-0.15, -0.1) is 0 Å². The standard InChI is InChI=1S/C20H21N3O3/c1-3-16(24)23-11-10-22-15-9-8-14(21-2)17-18(15)20(26)13-7-5-4-6-12(13)19(17)25/h4-9,21-22H,3,10-11H2,1-2H3,(H,23,24). The summed E-state index contributed by atoms with van der Waals surface area (Å²) < 4.78 is 0. The van der Waals surface area contributed by atoms with E-state index in [1.807, 2.05) is 0 Å². The molecule has 0 unspecified atom stereocenters. The van der Waals surface area contributed by atoms with Crippen LogP contribution in [0, 0.1) is 0 Å². The van der Waals surface area contributed by atoms with Gasteiger partial charge < -0.3 is 16.0 Å². The number of hydrogen-bond acceptors (Lipinski definition) is 5. The van der Waals surface area contributed by atoms with Crippen molar-refractivity contribution >= 4 is 28.8 Å². The fourth-order valence-electron chi connectivity index (χ4n) is 3.10. The first-order valence-corrected chi connectivity index (χ1v) is 8.62. The summed E-state index contributed by atoms with van der Waals surface area (Å²) in [4.78, 5) is 37.3. The molecule has 3 rings (SSSR count). The van der Waals surface area contributed by atoms with Gasteiger partial charge in [0.25, 0.3) is 0 Å². The van der Waals surface area contributed by atoms with Crippen molar-refractivity contribution in [1.82, 2.24) is 5.32 Å². The largest absolute Gasteiger partial charge is 0.388 e. The predicted molar refractivity (Wildman–Crippen MR) is 101 cm³/mol. The Kier molecular flexibility index (Phi) is 5.02. The van der Waals surface area contributed by atoms with Crippen molar-refractivity contribution in [2.75, 3.05) is 30.8 Å². The van der Waals surface area contributed by atoms with Gasteiger partial charge in [0.15, 0.2) is 11.6 Å². The van der Waals surface area contributed by atoms with Gasteiger partial charge in [0, 0.05) is 49.1 Å². The Hall–Kier alpha value is -3.15. The van der Waals surface area contributed by atoms with E-state index in [1.54, 1.807) is 50.4 Å². The van der Waals surface area contributed by atoms with E-state index < -0.39 is 0 Å². The zero-order chi connectivity index (χ0) is 18.7. The fraction of sp³-hybridized carbons (Fsp3) is 0.250. The van der Waals surface area contributed by atoms with Gasteiger partial charge in [-0.3, -0.25) is 14.4 Å². The van der Waals surface area contributed by atoms with Crippen LogP contribution in [0.25, 0.3) is 0 Å². The number of amides is 1. The molecule has 1 aliphatic carbocycles. The summed E-state index contributed by atoms with van der Waals surface area (Å²) in [6, 6.07) is 10.4. The summed E-state index contributed by atoms with van der Waals surface area (Å²) in [5.74, 6) is -0.366. The number of fused-ring (bicyclic) bond motifs is 2. The molecule has 0 saturated heterocycles. The first-order valence-electron chi connectivity index (χ1n) is 8.62. The smallest absolute Gasteiger partial charge is 0.219 e. The van der Waals surface area contributed by atoms with Crippen molar-refractivity contribution in [2.45, 2.75) is 13.3 Å². The second kappa shape index (κ2) is 7.39. The van der Waals surface area contributed by atoms with Crippen LogP contribution >= 0.6 is 0 Å². The number of nitrogens with one attached hydrogen (secondary N) is 3. The lowest BCUT2D eigenvalue weighted by Crippen LogP contribution is -2.29. The maximum absolute atomic E-state index is 13.0. The second-order valence-electron chi connectivity index (χ2n) is 5.99. The van der Waals surface area contributed by atoms with Crippen molar-refractivity contribution in [1.29, 1.82) is 0 Å². The van der Waals surface area contributed by atoms with E-state index in [4.69, 9.17) is 0 Å². The van der Waals surface area contributed by atoms with Crippen LogP contribution in [0.4, 0.5) is 11.4 Å². The van der Waals surface area contributed by atoms with Gasteiger partial charge in [0.05, 0.1) is 11.1 Å². The molecule has 0 bridgehead atoms. The van der Waals surface area contributed by atoms with Crippen LogP contribution in [0.2, 0.25) is 0 Å². The van der Waals surface area contributed by atoms with Crippen LogP contribution in [0.3, 0.4) is 0 Å². The molecular weight excluding hydrogens is 330 g/mol. The first-order chi connectivity index (χ1) is 12.6. The van der Waals surface area contributed by atoms with E-state index in [-0.39, 0.29) is 17.5 Å². The molecule has 0 aliphatic heterocycles. The SMILES string of the molecule is CCC(=O)NCCNc1ccc(NC)c2c1C(=O)c1ccccc1C2=O. The molecule has 2 aromatic rings. The molecule has 0 aromatic heterocycles. The second-order valence-corrected chi connectivity index (χ2v) is 5.99. The summed E-state index contributed by atoms with van der Waals surface area (Å²) in [7, 11) is 1.72. The van der Waals surface area contributed by atoms with Crippen molar-refractivity contribution in [3.05, 3.63) is 58.7 Å². The highest BCUT2D eigenvalue weighted by Gasteiger charge is 2.33. The lowest BCUT2D eigenvalue weighted by molar-refractivity contribution is -0.120. The van der Waals surface area contributed by atoms with Crippen LogP contribution in [0.1, 0.15) is 45.2 Å². The van der Waals surface area contributed by atoms with Crippen LogP contribution in [-0.2, 0) is 4.79 Å². The molecule has 1 aliphatic rings. The third kappa shape index (κ3) is 3.06. The molecule has 0 radical (unpaired) electrons. The van der Waals surface area contributed by atoms with E-state index in [1.165, 1.54) is 0 Å². The fourth-order valence-corrected chi connectivity index (χ4v) is 3.10. The summed E-state index contributed by atoms with van der Waals surface area (Å²) in [6.45, 7) is 2.69. The highest BCUT2D eigenvalue weighted by atomic mass is 16.2. The normalized spacial score (nSPS) is 12.2. The number of rotatable bonds is 6. The highest BCUT2D eigenvalue weighted by Crippen LogP contribution is 2.36. The van der Waals surface area contributed by atoms with Gasteiger partial charge in [0.1, 0.15) is 0 Å². The molecule has 6 heteroatoms. The minimum atomic E-state index is -0.174. The number of hydrogen-bond donors (Lipinski definition) is 3. The summed E-state index contributed by atoms with van der Waals surface area (Å²) in [6.07, 6.45) is 0.427. The number of anilines is 2. The van der Waals surface area contributed by atoms with Crippen molar-refractivity contribution in [3.63, 3.8) is 0 Å². The molecule has 1 amide bonds. The third-order valence-electron chi connectivity index (χ3n) is 4.43. The average Bonchev–Trinajstić information content (AvgIpc) is 2.68. The zero-order valence-corrected chi connectivity index (χ0v) is 14.8. The number of carbonyl (C=O) groups excluding carboxylic acids is 3. The Morgan fingerprint density at radius 2 is 1.46 bits per heavy atom. The van der Waals surface area contributed by atoms with Crippen molar-refractivity contribution in [2.24, 2.45) is 0 Å². The Morgan fingerprint density at radius 3 is 2.04 bits per heavy atom. The Morgan fingerprint density at radius 1 is 0.885 bits per heavy atom.